The molecule has 0 aromatic heterocycles. The summed E-state index contributed by atoms with van der Waals surface area (Å²) in [5.74, 6) is 1.47. The number of hydrogen-bond acceptors (Lipinski definition) is 5. The Bertz CT molecular complexity index is 442. The molecule has 3 atom stereocenters. The van der Waals surface area contributed by atoms with Crippen molar-refractivity contribution in [2.75, 3.05) is 65.8 Å². The number of rotatable bonds is 7. The summed E-state index contributed by atoms with van der Waals surface area (Å²) >= 11 is 0. The summed E-state index contributed by atoms with van der Waals surface area (Å²) in [5, 5.41) is 6.96. The average Bonchev–Trinajstić information content (AvgIpc) is 3.33. The Morgan fingerprint density at radius 2 is 2.04 bits per heavy atom. The largest absolute Gasteiger partial charge is 0.381 e. The summed E-state index contributed by atoms with van der Waals surface area (Å²) in [5.41, 5.74) is -0.106. The molecule has 3 fully saturated rings. The Morgan fingerprint density at radius 1 is 1.19 bits per heavy atom. The lowest BCUT2D eigenvalue weighted by molar-refractivity contribution is 0.00243. The highest BCUT2D eigenvalue weighted by Gasteiger charge is 2.32. The van der Waals surface area contributed by atoms with E-state index in [9.17, 15) is 0 Å². The molecule has 7 nitrogen and oxygen atoms in total. The first kappa shape index (κ1) is 19.9. The van der Waals surface area contributed by atoms with Crippen molar-refractivity contribution in [3.63, 3.8) is 0 Å². The predicted molar refractivity (Wildman–Crippen MR) is 103 cm³/mol. The van der Waals surface area contributed by atoms with Gasteiger partial charge in [-0.15, -0.1) is 0 Å². The molecule has 2 N–H and O–H groups in total. The van der Waals surface area contributed by atoms with Crippen LogP contribution in [0.2, 0.25) is 0 Å². The van der Waals surface area contributed by atoms with Gasteiger partial charge in [0.15, 0.2) is 5.96 Å². The van der Waals surface area contributed by atoms with E-state index in [1.807, 2.05) is 0 Å². The third-order valence-electron chi connectivity index (χ3n) is 5.72. The average molecular weight is 369 g/mol. The number of nitrogens with one attached hydrogen (secondary N) is 2. The highest BCUT2D eigenvalue weighted by molar-refractivity contribution is 5.79. The van der Waals surface area contributed by atoms with Crippen molar-refractivity contribution in [2.45, 2.75) is 44.8 Å². The molecule has 0 aliphatic carbocycles. The highest BCUT2D eigenvalue weighted by atomic mass is 16.5. The normalized spacial score (nSPS) is 31.9. The van der Waals surface area contributed by atoms with Gasteiger partial charge in [0.1, 0.15) is 0 Å². The first-order valence-corrected chi connectivity index (χ1v) is 10.3. The molecule has 0 aromatic carbocycles. The molecule has 3 saturated heterocycles. The Labute approximate surface area is 157 Å². The van der Waals surface area contributed by atoms with Crippen molar-refractivity contribution in [2.24, 2.45) is 10.9 Å². The second-order valence-corrected chi connectivity index (χ2v) is 7.82. The fraction of sp³-hybridized carbons (Fsp3) is 0.947. The Hall–Kier alpha value is -0.890. The van der Waals surface area contributed by atoms with Gasteiger partial charge >= 0.3 is 0 Å². The number of ether oxygens (including phenoxy) is 3. The van der Waals surface area contributed by atoms with E-state index >= 15 is 0 Å². The Kier molecular flexibility index (Phi) is 7.54. The van der Waals surface area contributed by atoms with Crippen molar-refractivity contribution in [1.82, 2.24) is 15.5 Å². The minimum atomic E-state index is -0.106. The first-order chi connectivity index (χ1) is 12.7. The third kappa shape index (κ3) is 5.55. The SMILES string of the molecule is CCNC(=NCC1(C)CCCO1)NCC(C1CCOC1)N1CCOCC1. The minimum Gasteiger partial charge on any atom is -0.381 e. The third-order valence-corrected chi connectivity index (χ3v) is 5.72. The summed E-state index contributed by atoms with van der Waals surface area (Å²) in [6.07, 6.45) is 3.37. The zero-order valence-electron chi connectivity index (χ0n) is 16.5. The molecule has 3 unspecified atom stereocenters. The maximum absolute atomic E-state index is 5.87. The highest BCUT2D eigenvalue weighted by Crippen LogP contribution is 2.25. The van der Waals surface area contributed by atoms with Crippen molar-refractivity contribution in [3.05, 3.63) is 0 Å². The van der Waals surface area contributed by atoms with Gasteiger partial charge in [-0.2, -0.15) is 0 Å². The molecular formula is C19H36N4O3. The number of aliphatic imine (C=N–C) groups is 1. The summed E-state index contributed by atoms with van der Waals surface area (Å²) in [6.45, 7) is 13.0. The molecule has 0 bridgehead atoms. The molecule has 0 amide bonds. The van der Waals surface area contributed by atoms with E-state index < -0.39 is 0 Å². The fourth-order valence-corrected chi connectivity index (χ4v) is 4.11. The predicted octanol–water partition coefficient (Wildman–Crippen LogP) is 0.848. The number of guanidine groups is 1. The van der Waals surface area contributed by atoms with Crippen LogP contribution in [0.5, 0.6) is 0 Å². The smallest absolute Gasteiger partial charge is 0.191 e. The van der Waals surface area contributed by atoms with Crippen molar-refractivity contribution in [3.8, 4) is 0 Å². The van der Waals surface area contributed by atoms with Gasteiger partial charge in [-0.3, -0.25) is 9.89 Å². The summed E-state index contributed by atoms with van der Waals surface area (Å²) in [4.78, 5) is 7.36. The first-order valence-electron chi connectivity index (χ1n) is 10.3. The van der Waals surface area contributed by atoms with Gasteiger partial charge in [-0.1, -0.05) is 0 Å². The quantitative estimate of drug-likeness (QED) is 0.513. The summed E-state index contributed by atoms with van der Waals surface area (Å²) < 4.78 is 17.1. The van der Waals surface area contributed by atoms with Gasteiger partial charge in [0.2, 0.25) is 0 Å². The Balaban J connectivity index is 1.58. The van der Waals surface area contributed by atoms with Gasteiger partial charge in [0.25, 0.3) is 0 Å². The maximum Gasteiger partial charge on any atom is 0.191 e. The number of morpholine rings is 1. The molecule has 0 saturated carbocycles. The van der Waals surface area contributed by atoms with Crippen LogP contribution in [0.4, 0.5) is 0 Å². The zero-order chi connectivity index (χ0) is 18.2. The van der Waals surface area contributed by atoms with Crippen molar-refractivity contribution >= 4 is 5.96 Å². The van der Waals surface area contributed by atoms with Gasteiger partial charge in [0, 0.05) is 51.4 Å². The van der Waals surface area contributed by atoms with E-state index in [4.69, 9.17) is 19.2 Å². The molecule has 0 spiro atoms. The summed E-state index contributed by atoms with van der Waals surface area (Å²) in [7, 11) is 0. The van der Waals surface area contributed by atoms with E-state index in [2.05, 4.69) is 29.4 Å². The molecule has 7 heteroatoms. The van der Waals surface area contributed by atoms with E-state index in [0.29, 0.717) is 18.5 Å². The van der Waals surface area contributed by atoms with Gasteiger partial charge in [0.05, 0.1) is 32.0 Å². The van der Waals surface area contributed by atoms with Crippen LogP contribution in [0.3, 0.4) is 0 Å². The van der Waals surface area contributed by atoms with Crippen LogP contribution >= 0.6 is 0 Å². The van der Waals surface area contributed by atoms with Gasteiger partial charge in [-0.05, 0) is 33.1 Å². The van der Waals surface area contributed by atoms with E-state index in [1.54, 1.807) is 0 Å². The van der Waals surface area contributed by atoms with Crippen molar-refractivity contribution < 1.29 is 14.2 Å². The number of hydrogen-bond donors (Lipinski definition) is 2. The second kappa shape index (κ2) is 9.88. The van der Waals surface area contributed by atoms with Crippen LogP contribution in [0, 0.1) is 5.92 Å². The van der Waals surface area contributed by atoms with Crippen LogP contribution in [-0.4, -0.2) is 88.3 Å². The topological polar surface area (TPSA) is 67.4 Å². The lowest BCUT2D eigenvalue weighted by Crippen LogP contribution is -2.53. The standard InChI is InChI=1S/C19H36N4O3/c1-3-20-18(22-15-19(2)6-4-9-26-19)21-13-17(16-5-10-25-14-16)23-7-11-24-12-8-23/h16-17H,3-15H2,1-2H3,(H2,20,21,22). The summed E-state index contributed by atoms with van der Waals surface area (Å²) in [6, 6.07) is 0.462. The van der Waals surface area contributed by atoms with Gasteiger partial charge < -0.3 is 24.8 Å². The van der Waals surface area contributed by atoms with Crippen LogP contribution in [0.1, 0.15) is 33.1 Å². The molecule has 3 aliphatic rings. The molecule has 3 heterocycles. The second-order valence-electron chi connectivity index (χ2n) is 7.82. The van der Waals surface area contributed by atoms with Crippen LogP contribution in [-0.2, 0) is 14.2 Å². The Morgan fingerprint density at radius 3 is 2.69 bits per heavy atom. The zero-order valence-corrected chi connectivity index (χ0v) is 16.5. The van der Waals surface area contributed by atoms with Crippen LogP contribution in [0.15, 0.2) is 4.99 Å². The van der Waals surface area contributed by atoms with Crippen LogP contribution < -0.4 is 10.6 Å². The van der Waals surface area contributed by atoms with E-state index in [0.717, 1.165) is 84.4 Å². The van der Waals surface area contributed by atoms with Gasteiger partial charge in [-0.25, -0.2) is 0 Å². The maximum atomic E-state index is 5.87. The lowest BCUT2D eigenvalue weighted by Gasteiger charge is -2.37. The molecule has 3 rings (SSSR count). The van der Waals surface area contributed by atoms with Crippen molar-refractivity contribution in [1.29, 1.82) is 0 Å². The molecule has 26 heavy (non-hydrogen) atoms. The molecule has 0 aromatic rings. The van der Waals surface area contributed by atoms with E-state index in [1.165, 1.54) is 0 Å². The monoisotopic (exact) mass is 368 g/mol. The molecule has 3 aliphatic heterocycles. The molecule has 0 radical (unpaired) electrons. The molecular weight excluding hydrogens is 332 g/mol. The minimum absolute atomic E-state index is 0.106. The van der Waals surface area contributed by atoms with Crippen LogP contribution in [0.25, 0.3) is 0 Å². The fourth-order valence-electron chi connectivity index (χ4n) is 4.11. The van der Waals surface area contributed by atoms with E-state index in [-0.39, 0.29) is 5.60 Å². The lowest BCUT2D eigenvalue weighted by atomic mass is 9.97. The molecule has 150 valence electrons. The number of nitrogens with zero attached hydrogens (tertiary/aromatic N) is 2.